The van der Waals surface area contributed by atoms with Crippen LogP contribution in [0.5, 0.6) is 0 Å². The molecule has 0 heterocycles. The molecule has 0 aliphatic carbocycles. The average molecular weight is 203 g/mol. The Hall–Kier alpha value is -0.980. The quantitative estimate of drug-likeness (QED) is 0.747. The van der Waals surface area contributed by atoms with Crippen LogP contribution in [0.3, 0.4) is 0 Å². The standard InChI is InChI=1S/C7H8FN2O2S/c8-7-3-6(13(10,11)12)2-1-5(7)4-9/h1-3,9H,4H2,(H2,10,11,12). The van der Waals surface area contributed by atoms with E-state index in [0.29, 0.717) is 0 Å². The van der Waals surface area contributed by atoms with Gasteiger partial charge < -0.3 is 0 Å². The van der Waals surface area contributed by atoms with Gasteiger partial charge in [0.25, 0.3) is 0 Å². The van der Waals surface area contributed by atoms with Gasteiger partial charge in [0.1, 0.15) is 5.82 Å². The Labute approximate surface area is 75.4 Å². The van der Waals surface area contributed by atoms with Crippen LogP contribution in [-0.4, -0.2) is 8.42 Å². The minimum Gasteiger partial charge on any atom is -0.253 e. The summed E-state index contributed by atoms with van der Waals surface area (Å²) in [7, 11) is -3.85. The van der Waals surface area contributed by atoms with E-state index >= 15 is 0 Å². The molecular formula is C7H8FN2O2S. The number of nitrogens with two attached hydrogens (primary N) is 1. The van der Waals surface area contributed by atoms with Gasteiger partial charge in [0, 0.05) is 12.1 Å². The number of sulfonamides is 1. The van der Waals surface area contributed by atoms with Crippen molar-refractivity contribution in [2.45, 2.75) is 11.4 Å². The summed E-state index contributed by atoms with van der Waals surface area (Å²) in [5, 5.41) is 4.78. The maximum atomic E-state index is 12.9. The monoisotopic (exact) mass is 203 g/mol. The van der Waals surface area contributed by atoms with Crippen molar-refractivity contribution in [1.29, 1.82) is 0 Å². The molecule has 0 aromatic heterocycles. The maximum absolute atomic E-state index is 12.9. The second-order valence-electron chi connectivity index (χ2n) is 2.48. The number of halogens is 1. The van der Waals surface area contributed by atoms with Crippen LogP contribution in [0.25, 0.3) is 0 Å². The molecule has 0 saturated heterocycles. The van der Waals surface area contributed by atoms with Crippen LogP contribution in [0.4, 0.5) is 4.39 Å². The van der Waals surface area contributed by atoms with E-state index in [4.69, 9.17) is 10.9 Å². The third-order valence-corrected chi connectivity index (χ3v) is 2.45. The zero-order valence-electron chi connectivity index (χ0n) is 6.62. The molecule has 6 heteroatoms. The molecule has 0 spiro atoms. The number of hydrogen-bond donors (Lipinski definition) is 1. The van der Waals surface area contributed by atoms with Crippen LogP contribution >= 0.6 is 0 Å². The third-order valence-electron chi connectivity index (χ3n) is 1.54. The molecule has 1 aromatic carbocycles. The fourth-order valence-electron chi connectivity index (χ4n) is 0.848. The van der Waals surface area contributed by atoms with E-state index in [2.05, 4.69) is 0 Å². The van der Waals surface area contributed by atoms with E-state index in [-0.39, 0.29) is 17.0 Å². The first-order valence-corrected chi connectivity index (χ1v) is 4.95. The molecule has 0 bridgehead atoms. The molecule has 3 N–H and O–H groups in total. The predicted molar refractivity (Wildman–Crippen MR) is 44.6 cm³/mol. The summed E-state index contributed by atoms with van der Waals surface area (Å²) < 4.78 is 34.4. The van der Waals surface area contributed by atoms with Crippen molar-refractivity contribution >= 4 is 10.0 Å². The smallest absolute Gasteiger partial charge is 0.238 e. The number of benzene rings is 1. The second-order valence-corrected chi connectivity index (χ2v) is 4.04. The highest BCUT2D eigenvalue weighted by molar-refractivity contribution is 7.89. The van der Waals surface area contributed by atoms with Gasteiger partial charge in [-0.05, 0) is 12.1 Å². The molecule has 13 heavy (non-hydrogen) atoms. The highest BCUT2D eigenvalue weighted by atomic mass is 32.2. The Bertz CT molecular complexity index is 417. The van der Waals surface area contributed by atoms with E-state index in [1.807, 2.05) is 0 Å². The Morgan fingerprint density at radius 2 is 2.08 bits per heavy atom. The normalized spacial score (nSPS) is 11.6. The minimum atomic E-state index is -3.85. The molecule has 0 saturated carbocycles. The number of primary sulfonamides is 1. The fraction of sp³-hybridized carbons (Fsp3) is 0.143. The predicted octanol–water partition coefficient (Wildman–Crippen LogP) is 0.256. The molecule has 1 rings (SSSR count). The van der Waals surface area contributed by atoms with Crippen molar-refractivity contribution in [3.05, 3.63) is 29.6 Å². The number of hydrogen-bond acceptors (Lipinski definition) is 2. The number of rotatable bonds is 2. The van der Waals surface area contributed by atoms with E-state index < -0.39 is 15.8 Å². The summed E-state index contributed by atoms with van der Waals surface area (Å²) in [6, 6.07) is 3.24. The van der Waals surface area contributed by atoms with Gasteiger partial charge in [-0.25, -0.2) is 17.9 Å². The lowest BCUT2D eigenvalue weighted by atomic mass is 10.2. The van der Waals surface area contributed by atoms with Crippen LogP contribution < -0.4 is 10.9 Å². The zero-order valence-corrected chi connectivity index (χ0v) is 7.44. The van der Waals surface area contributed by atoms with Gasteiger partial charge in [-0.3, -0.25) is 5.73 Å². The maximum Gasteiger partial charge on any atom is 0.238 e. The van der Waals surface area contributed by atoms with E-state index in [0.717, 1.165) is 6.07 Å². The summed E-state index contributed by atoms with van der Waals surface area (Å²) in [5.74, 6) is -0.721. The topological polar surface area (TPSA) is 84.0 Å². The first-order valence-electron chi connectivity index (χ1n) is 3.41. The lowest BCUT2D eigenvalue weighted by molar-refractivity contribution is 0.587. The molecule has 0 aliphatic heterocycles. The van der Waals surface area contributed by atoms with E-state index in [1.54, 1.807) is 0 Å². The van der Waals surface area contributed by atoms with Crippen LogP contribution in [0.2, 0.25) is 0 Å². The Morgan fingerprint density at radius 1 is 1.46 bits per heavy atom. The van der Waals surface area contributed by atoms with Crippen LogP contribution in [0.15, 0.2) is 23.1 Å². The molecular weight excluding hydrogens is 195 g/mol. The second kappa shape index (κ2) is 3.41. The van der Waals surface area contributed by atoms with E-state index in [1.165, 1.54) is 12.1 Å². The lowest BCUT2D eigenvalue weighted by Gasteiger charge is -2.01. The SMILES string of the molecule is [NH]Cc1ccc(S(N)(=O)=O)cc1F. The summed E-state index contributed by atoms with van der Waals surface area (Å²) >= 11 is 0. The van der Waals surface area contributed by atoms with E-state index in [9.17, 15) is 12.8 Å². The van der Waals surface area contributed by atoms with Crippen molar-refractivity contribution in [3.63, 3.8) is 0 Å². The van der Waals surface area contributed by atoms with Crippen molar-refractivity contribution < 1.29 is 12.8 Å². The largest absolute Gasteiger partial charge is 0.253 e. The molecule has 0 fully saturated rings. The molecule has 1 radical (unpaired) electrons. The molecule has 0 atom stereocenters. The highest BCUT2D eigenvalue weighted by Gasteiger charge is 2.10. The summed E-state index contributed by atoms with van der Waals surface area (Å²) in [5.41, 5.74) is 7.04. The molecule has 0 aliphatic rings. The molecule has 0 amide bonds. The van der Waals surface area contributed by atoms with Gasteiger partial charge in [0.2, 0.25) is 10.0 Å². The van der Waals surface area contributed by atoms with Crippen LogP contribution in [0.1, 0.15) is 5.56 Å². The fourth-order valence-corrected chi connectivity index (χ4v) is 1.37. The van der Waals surface area contributed by atoms with Crippen molar-refractivity contribution in [3.8, 4) is 0 Å². The lowest BCUT2D eigenvalue weighted by Crippen LogP contribution is -2.12. The molecule has 4 nitrogen and oxygen atoms in total. The first-order chi connectivity index (χ1) is 5.95. The van der Waals surface area contributed by atoms with Gasteiger partial charge in [-0.1, -0.05) is 6.07 Å². The summed E-state index contributed by atoms with van der Waals surface area (Å²) in [4.78, 5) is -0.276. The Kier molecular flexibility index (Phi) is 2.65. The van der Waals surface area contributed by atoms with Gasteiger partial charge in [0.05, 0.1) is 4.90 Å². The highest BCUT2D eigenvalue weighted by Crippen LogP contribution is 2.13. The molecule has 0 unspecified atom stereocenters. The Balaban J connectivity index is 3.26. The molecule has 1 aromatic rings. The van der Waals surface area contributed by atoms with Crippen molar-refractivity contribution in [1.82, 2.24) is 5.73 Å². The van der Waals surface area contributed by atoms with Crippen molar-refractivity contribution in [2.24, 2.45) is 5.14 Å². The summed E-state index contributed by atoms with van der Waals surface area (Å²) in [6.45, 7) is -0.225. The summed E-state index contributed by atoms with van der Waals surface area (Å²) in [6.07, 6.45) is 0. The Morgan fingerprint density at radius 3 is 2.46 bits per heavy atom. The molecule has 71 valence electrons. The van der Waals surface area contributed by atoms with Crippen LogP contribution in [0, 0.1) is 5.82 Å². The van der Waals surface area contributed by atoms with Gasteiger partial charge >= 0.3 is 0 Å². The van der Waals surface area contributed by atoms with Crippen molar-refractivity contribution in [2.75, 3.05) is 0 Å². The zero-order chi connectivity index (χ0) is 10.1. The first kappa shape index (κ1) is 10.1. The minimum absolute atomic E-state index is 0.146. The number of nitrogens with one attached hydrogen (secondary N) is 1. The average Bonchev–Trinajstić information content (AvgIpc) is 2.02. The van der Waals surface area contributed by atoms with Gasteiger partial charge in [-0.2, -0.15) is 0 Å². The van der Waals surface area contributed by atoms with Gasteiger partial charge in [-0.15, -0.1) is 0 Å². The third kappa shape index (κ3) is 2.24. The van der Waals surface area contributed by atoms with Crippen LogP contribution in [-0.2, 0) is 16.6 Å². The van der Waals surface area contributed by atoms with Gasteiger partial charge in [0.15, 0.2) is 0 Å².